The summed E-state index contributed by atoms with van der Waals surface area (Å²) in [6, 6.07) is 2.66. The molecule has 0 spiro atoms. The van der Waals surface area contributed by atoms with Gasteiger partial charge in [-0.2, -0.15) is 0 Å². The number of ether oxygens (including phenoxy) is 2. The van der Waals surface area contributed by atoms with Gasteiger partial charge in [-0.25, -0.2) is 0 Å². The molecule has 0 amide bonds. The minimum Gasteiger partial charge on any atom is -0.496 e. The van der Waals surface area contributed by atoms with E-state index in [0.29, 0.717) is 17.9 Å². The molecule has 0 atom stereocenters. The van der Waals surface area contributed by atoms with Gasteiger partial charge in [0.25, 0.3) is 5.52 Å². The van der Waals surface area contributed by atoms with Gasteiger partial charge in [0.15, 0.2) is 0 Å². The van der Waals surface area contributed by atoms with Gasteiger partial charge in [-0.15, -0.1) is 0 Å². The second-order valence-electron chi connectivity index (χ2n) is 3.96. The summed E-state index contributed by atoms with van der Waals surface area (Å²) in [7, 11) is -1.96. The number of hydrogen-bond donors (Lipinski definition) is 2. The normalized spacial score (nSPS) is 11.2. The summed E-state index contributed by atoms with van der Waals surface area (Å²) in [6.45, 7) is 1.98. The SMILES string of the molecule is CCCc1c(OC)cc(C(=O)P(=O)(O)O)cc1OC. The zero-order chi connectivity index (χ0) is 14.6. The Kier molecular flexibility index (Phi) is 5.11. The van der Waals surface area contributed by atoms with Crippen LogP contribution in [0.15, 0.2) is 12.1 Å². The molecule has 0 saturated carbocycles. The first-order valence-corrected chi connectivity index (χ1v) is 7.31. The molecule has 0 aromatic heterocycles. The Labute approximate surface area is 111 Å². The molecule has 6 nitrogen and oxygen atoms in total. The molecule has 19 heavy (non-hydrogen) atoms. The number of hydrogen-bond acceptors (Lipinski definition) is 4. The van der Waals surface area contributed by atoms with Crippen LogP contribution in [0, 0.1) is 0 Å². The van der Waals surface area contributed by atoms with Crippen LogP contribution in [0.25, 0.3) is 0 Å². The number of rotatable bonds is 6. The van der Waals surface area contributed by atoms with Crippen molar-refractivity contribution < 1.29 is 28.6 Å². The summed E-state index contributed by atoms with van der Waals surface area (Å²) >= 11 is 0. The third kappa shape index (κ3) is 3.56. The van der Waals surface area contributed by atoms with E-state index in [4.69, 9.17) is 19.3 Å². The molecule has 1 rings (SSSR count). The maximum Gasteiger partial charge on any atom is 0.396 e. The Morgan fingerprint density at radius 3 is 2.00 bits per heavy atom. The lowest BCUT2D eigenvalue weighted by Crippen LogP contribution is -2.04. The van der Waals surface area contributed by atoms with E-state index >= 15 is 0 Å². The van der Waals surface area contributed by atoms with Gasteiger partial charge in [0, 0.05) is 11.1 Å². The van der Waals surface area contributed by atoms with Gasteiger partial charge in [-0.3, -0.25) is 9.36 Å². The number of benzene rings is 1. The second-order valence-corrected chi connectivity index (χ2v) is 5.45. The molecular weight excluding hydrogens is 271 g/mol. The largest absolute Gasteiger partial charge is 0.496 e. The smallest absolute Gasteiger partial charge is 0.396 e. The van der Waals surface area contributed by atoms with Crippen LogP contribution in [0.1, 0.15) is 29.3 Å². The molecule has 0 unspecified atom stereocenters. The predicted octanol–water partition coefficient (Wildman–Crippen LogP) is 1.97. The molecule has 0 aliphatic rings. The van der Waals surface area contributed by atoms with Crippen LogP contribution in [-0.2, 0) is 11.0 Å². The molecule has 0 aliphatic carbocycles. The van der Waals surface area contributed by atoms with E-state index in [9.17, 15) is 9.36 Å². The van der Waals surface area contributed by atoms with Gasteiger partial charge < -0.3 is 19.3 Å². The fourth-order valence-corrected chi connectivity index (χ4v) is 2.24. The Morgan fingerprint density at radius 2 is 1.68 bits per heavy atom. The summed E-state index contributed by atoms with van der Waals surface area (Å²) in [5.74, 6) is 0.774. The molecule has 1 aromatic rings. The number of methoxy groups -OCH3 is 2. The van der Waals surface area contributed by atoms with Crippen molar-refractivity contribution in [1.29, 1.82) is 0 Å². The molecule has 0 fully saturated rings. The van der Waals surface area contributed by atoms with E-state index in [1.165, 1.54) is 26.4 Å². The van der Waals surface area contributed by atoms with E-state index in [1.54, 1.807) is 0 Å². The van der Waals surface area contributed by atoms with E-state index in [1.807, 2.05) is 6.92 Å². The summed E-state index contributed by atoms with van der Waals surface area (Å²) in [4.78, 5) is 29.4. The van der Waals surface area contributed by atoms with Gasteiger partial charge in [0.1, 0.15) is 11.5 Å². The van der Waals surface area contributed by atoms with Crippen LogP contribution < -0.4 is 9.47 Å². The molecule has 0 heterocycles. The lowest BCUT2D eigenvalue weighted by molar-refractivity contribution is 0.104. The Balaban J connectivity index is 3.39. The predicted molar refractivity (Wildman–Crippen MR) is 69.9 cm³/mol. The second kappa shape index (κ2) is 6.19. The quantitative estimate of drug-likeness (QED) is 0.777. The number of carbonyl (C=O) groups excluding carboxylic acids is 1. The fourth-order valence-electron chi connectivity index (χ4n) is 1.77. The van der Waals surface area contributed by atoms with E-state index < -0.39 is 13.1 Å². The van der Waals surface area contributed by atoms with Crippen LogP contribution in [0.5, 0.6) is 11.5 Å². The lowest BCUT2D eigenvalue weighted by atomic mass is 10.0. The lowest BCUT2D eigenvalue weighted by Gasteiger charge is -2.14. The van der Waals surface area contributed by atoms with Crippen LogP contribution in [0.4, 0.5) is 0 Å². The highest BCUT2D eigenvalue weighted by atomic mass is 31.2. The van der Waals surface area contributed by atoms with Crippen molar-refractivity contribution in [3.8, 4) is 11.5 Å². The van der Waals surface area contributed by atoms with Gasteiger partial charge in [0.2, 0.25) is 0 Å². The Hall–Kier alpha value is -1.36. The van der Waals surface area contributed by atoms with Gasteiger partial charge in [-0.05, 0) is 18.6 Å². The summed E-state index contributed by atoms with van der Waals surface area (Å²) in [5.41, 5.74) is -0.594. The number of carbonyl (C=O) groups is 1. The van der Waals surface area contributed by atoms with Crippen molar-refractivity contribution in [3.05, 3.63) is 23.3 Å². The zero-order valence-electron chi connectivity index (χ0n) is 11.0. The fraction of sp³-hybridized carbons (Fsp3) is 0.417. The highest BCUT2D eigenvalue weighted by Gasteiger charge is 2.29. The average Bonchev–Trinajstić information content (AvgIpc) is 2.37. The standard InChI is InChI=1S/C12H17O6P/c1-4-5-9-10(17-2)6-8(7-11(9)18-3)12(13)19(14,15)16/h6-7H,4-5H2,1-3H3,(H2,14,15,16). The van der Waals surface area contributed by atoms with Crippen LogP contribution in [-0.4, -0.2) is 29.5 Å². The van der Waals surface area contributed by atoms with Crippen molar-refractivity contribution >= 4 is 13.1 Å². The first kappa shape index (κ1) is 15.7. The van der Waals surface area contributed by atoms with Crippen molar-refractivity contribution in [1.82, 2.24) is 0 Å². The molecule has 106 valence electrons. The monoisotopic (exact) mass is 288 g/mol. The molecule has 0 bridgehead atoms. The highest BCUT2D eigenvalue weighted by Crippen LogP contribution is 2.42. The van der Waals surface area contributed by atoms with E-state index in [-0.39, 0.29) is 5.56 Å². The average molecular weight is 288 g/mol. The Morgan fingerprint density at radius 1 is 1.21 bits per heavy atom. The van der Waals surface area contributed by atoms with E-state index in [0.717, 1.165) is 12.0 Å². The van der Waals surface area contributed by atoms with E-state index in [2.05, 4.69) is 0 Å². The molecule has 0 radical (unpaired) electrons. The maximum absolute atomic E-state index is 11.6. The minimum atomic E-state index is -4.82. The van der Waals surface area contributed by atoms with Crippen LogP contribution >= 0.6 is 7.60 Å². The molecule has 2 N–H and O–H groups in total. The Bertz CT molecular complexity index is 494. The van der Waals surface area contributed by atoms with Crippen molar-refractivity contribution in [3.63, 3.8) is 0 Å². The molecule has 1 aromatic carbocycles. The molecule has 7 heteroatoms. The summed E-state index contributed by atoms with van der Waals surface area (Å²) in [6.07, 6.45) is 1.52. The first-order valence-electron chi connectivity index (χ1n) is 5.70. The maximum atomic E-state index is 11.6. The molecule has 0 aliphatic heterocycles. The topological polar surface area (TPSA) is 93.1 Å². The van der Waals surface area contributed by atoms with Crippen molar-refractivity contribution in [2.75, 3.05) is 14.2 Å². The third-order valence-electron chi connectivity index (χ3n) is 2.62. The van der Waals surface area contributed by atoms with Crippen LogP contribution in [0.2, 0.25) is 0 Å². The van der Waals surface area contributed by atoms with Gasteiger partial charge in [-0.1, -0.05) is 13.3 Å². The summed E-state index contributed by atoms with van der Waals surface area (Å²) in [5, 5.41) is 0. The highest BCUT2D eigenvalue weighted by molar-refractivity contribution is 7.70. The van der Waals surface area contributed by atoms with Crippen molar-refractivity contribution in [2.24, 2.45) is 0 Å². The molecular formula is C12H17O6P. The van der Waals surface area contributed by atoms with Gasteiger partial charge >= 0.3 is 7.60 Å². The van der Waals surface area contributed by atoms with Crippen LogP contribution in [0.3, 0.4) is 0 Å². The third-order valence-corrected chi connectivity index (χ3v) is 3.41. The molecule has 0 saturated heterocycles. The summed E-state index contributed by atoms with van der Waals surface area (Å²) < 4.78 is 21.3. The van der Waals surface area contributed by atoms with Crippen molar-refractivity contribution in [2.45, 2.75) is 19.8 Å². The minimum absolute atomic E-state index is 0.123. The van der Waals surface area contributed by atoms with Gasteiger partial charge in [0.05, 0.1) is 14.2 Å². The first-order chi connectivity index (χ1) is 8.85. The zero-order valence-corrected chi connectivity index (χ0v) is 11.9.